The van der Waals surface area contributed by atoms with E-state index in [0.717, 1.165) is 12.6 Å². The van der Waals surface area contributed by atoms with Gasteiger partial charge in [-0.05, 0) is 25.2 Å². The number of benzene rings is 1. The molecule has 1 aromatic rings. The Morgan fingerprint density at radius 3 is 2.07 bits per heavy atom. The van der Waals surface area contributed by atoms with E-state index in [0.29, 0.717) is 0 Å². The average Bonchev–Trinajstić information content (AvgIpc) is 2.17. The maximum absolute atomic E-state index is 6.96. The van der Waals surface area contributed by atoms with Gasteiger partial charge in [-0.15, -0.1) is 0 Å². The maximum Gasteiger partial charge on any atom is 0.0286 e. The van der Waals surface area contributed by atoms with Crippen molar-refractivity contribution >= 4 is 18.3 Å². The summed E-state index contributed by atoms with van der Waals surface area (Å²) < 4.78 is 0. The van der Waals surface area contributed by atoms with Gasteiger partial charge in [-0.25, -0.2) is 0 Å². The zero-order valence-electron chi connectivity index (χ0n) is 8.86. The van der Waals surface area contributed by atoms with Crippen LogP contribution < -0.4 is 0 Å². The lowest BCUT2D eigenvalue weighted by Gasteiger charge is -1.83. The van der Waals surface area contributed by atoms with Gasteiger partial charge < -0.3 is 0 Å². The Kier molecular flexibility index (Phi) is 8.81. The standard InChI is InChI=1S/C7H8.C4H10NPS/c1-7-5-3-2-4-6-7;1-2-3-4-6(5)7/h2-6H,1H3;5H,2-4H2,1H3. The third-order valence-electron chi connectivity index (χ3n) is 1.66. The first-order valence-corrected chi connectivity index (χ1v) is 7.38. The third-order valence-corrected chi connectivity index (χ3v) is 2.93. The molecule has 0 saturated carbocycles. The minimum Gasteiger partial charge on any atom is -0.278 e. The van der Waals surface area contributed by atoms with E-state index in [4.69, 9.17) is 5.16 Å². The van der Waals surface area contributed by atoms with Crippen LogP contribution in [0.3, 0.4) is 0 Å². The smallest absolute Gasteiger partial charge is 0.0286 e. The molecule has 1 atom stereocenters. The van der Waals surface area contributed by atoms with E-state index < -0.39 is 6.49 Å². The molecule has 0 aliphatic rings. The second-order valence-electron chi connectivity index (χ2n) is 3.11. The van der Waals surface area contributed by atoms with Crippen molar-refractivity contribution in [3.63, 3.8) is 0 Å². The van der Waals surface area contributed by atoms with E-state index in [1.54, 1.807) is 0 Å². The molecule has 1 unspecified atom stereocenters. The first kappa shape index (κ1) is 13.5. The molecule has 0 aliphatic carbocycles. The summed E-state index contributed by atoms with van der Waals surface area (Å²) in [7, 11) is 0. The van der Waals surface area contributed by atoms with Crippen molar-refractivity contribution in [2.45, 2.75) is 26.7 Å². The van der Waals surface area contributed by atoms with Crippen molar-refractivity contribution in [2.24, 2.45) is 0 Å². The molecule has 0 bridgehead atoms. The van der Waals surface area contributed by atoms with Crippen LogP contribution in [0.15, 0.2) is 30.3 Å². The van der Waals surface area contributed by atoms with Crippen molar-refractivity contribution in [2.75, 3.05) is 6.16 Å². The van der Waals surface area contributed by atoms with Gasteiger partial charge in [-0.2, -0.15) is 0 Å². The lowest BCUT2D eigenvalue weighted by molar-refractivity contribution is 0.894. The summed E-state index contributed by atoms with van der Waals surface area (Å²) in [5, 5.41) is 6.96. The van der Waals surface area contributed by atoms with Crippen molar-refractivity contribution in [3.05, 3.63) is 35.9 Å². The Bertz CT molecular complexity index is 285. The van der Waals surface area contributed by atoms with Crippen molar-refractivity contribution in [1.29, 1.82) is 5.16 Å². The monoisotopic (exact) mass is 227 g/mol. The van der Waals surface area contributed by atoms with Gasteiger partial charge in [0.2, 0.25) is 0 Å². The number of nitrogens with one attached hydrogen (secondary N) is 1. The molecule has 78 valence electrons. The number of aryl methyl sites for hydroxylation is 1. The maximum atomic E-state index is 6.96. The van der Waals surface area contributed by atoms with Crippen LogP contribution >= 0.6 is 6.49 Å². The summed E-state index contributed by atoms with van der Waals surface area (Å²) in [4.78, 5) is 0. The van der Waals surface area contributed by atoms with Crippen LogP contribution in [0.4, 0.5) is 0 Å². The number of hydrogen-bond donors (Lipinski definition) is 1. The van der Waals surface area contributed by atoms with Crippen LogP contribution in [0, 0.1) is 12.1 Å². The molecular weight excluding hydrogens is 209 g/mol. The van der Waals surface area contributed by atoms with Crippen LogP contribution in [0.1, 0.15) is 25.3 Å². The molecule has 0 saturated heterocycles. The Labute approximate surface area is 92.5 Å². The first-order valence-electron chi connectivity index (χ1n) is 4.84. The van der Waals surface area contributed by atoms with E-state index in [2.05, 4.69) is 37.8 Å². The van der Waals surface area contributed by atoms with Gasteiger partial charge in [0, 0.05) is 12.7 Å². The van der Waals surface area contributed by atoms with Gasteiger partial charge in [0.1, 0.15) is 0 Å². The van der Waals surface area contributed by atoms with E-state index in [-0.39, 0.29) is 0 Å². The zero-order chi connectivity index (χ0) is 10.8. The van der Waals surface area contributed by atoms with Gasteiger partial charge in [-0.3, -0.25) is 5.16 Å². The van der Waals surface area contributed by atoms with Crippen LogP contribution in [0.5, 0.6) is 0 Å². The average molecular weight is 227 g/mol. The molecule has 0 spiro atoms. The summed E-state index contributed by atoms with van der Waals surface area (Å²) >= 11 is 4.68. The molecule has 0 heterocycles. The SMILES string of the molecule is CCCCP(=N)=S.Cc1ccccc1. The van der Waals surface area contributed by atoms with Crippen LogP contribution in [0.25, 0.3) is 0 Å². The van der Waals surface area contributed by atoms with Gasteiger partial charge in [0.25, 0.3) is 0 Å². The normalized spacial score (nSPS) is 10.0. The molecule has 0 amide bonds. The summed E-state index contributed by atoms with van der Waals surface area (Å²) in [6.07, 6.45) is 3.26. The minimum absolute atomic E-state index is 0.773. The van der Waals surface area contributed by atoms with Crippen LogP contribution in [-0.2, 0) is 11.8 Å². The lowest BCUT2D eigenvalue weighted by atomic mass is 10.2. The van der Waals surface area contributed by atoms with Gasteiger partial charge in [-0.1, -0.05) is 49.2 Å². The van der Waals surface area contributed by atoms with E-state index >= 15 is 0 Å². The van der Waals surface area contributed by atoms with E-state index in [1.165, 1.54) is 12.0 Å². The van der Waals surface area contributed by atoms with Crippen molar-refractivity contribution in [1.82, 2.24) is 0 Å². The second-order valence-corrected chi connectivity index (χ2v) is 5.64. The molecule has 1 aromatic carbocycles. The van der Waals surface area contributed by atoms with Crippen LogP contribution in [0.2, 0.25) is 0 Å². The summed E-state index contributed by atoms with van der Waals surface area (Å²) in [5.41, 5.74) is 1.32. The topological polar surface area (TPSA) is 23.9 Å². The van der Waals surface area contributed by atoms with Gasteiger partial charge in [0.05, 0.1) is 0 Å². The number of rotatable bonds is 3. The highest BCUT2D eigenvalue weighted by Crippen LogP contribution is 2.06. The summed E-state index contributed by atoms with van der Waals surface area (Å²) in [5.74, 6) is 0. The lowest BCUT2D eigenvalue weighted by Crippen LogP contribution is -1.68. The fourth-order valence-electron chi connectivity index (χ4n) is 0.836. The molecule has 0 fully saturated rings. The number of unbranched alkanes of at least 4 members (excludes halogenated alkanes) is 1. The Morgan fingerprint density at radius 1 is 1.29 bits per heavy atom. The summed E-state index contributed by atoms with van der Waals surface area (Å²) in [6, 6.07) is 10.3. The molecule has 0 aromatic heterocycles. The largest absolute Gasteiger partial charge is 0.278 e. The molecule has 3 heteroatoms. The predicted molar refractivity (Wildman–Crippen MR) is 68.0 cm³/mol. The highest BCUT2D eigenvalue weighted by atomic mass is 32.4. The van der Waals surface area contributed by atoms with E-state index in [9.17, 15) is 0 Å². The Balaban J connectivity index is 0.000000241. The predicted octanol–water partition coefficient (Wildman–Crippen LogP) is 4.49. The molecule has 0 aliphatic heterocycles. The molecule has 0 radical (unpaired) electrons. The van der Waals surface area contributed by atoms with Gasteiger partial charge in [0.15, 0.2) is 0 Å². The summed E-state index contributed by atoms with van der Waals surface area (Å²) in [6.45, 7) is 3.43. The second kappa shape index (κ2) is 9.11. The highest BCUT2D eigenvalue weighted by Gasteiger charge is 1.78. The third kappa shape index (κ3) is 9.63. The molecule has 14 heavy (non-hydrogen) atoms. The molecule has 1 nitrogen and oxygen atoms in total. The highest BCUT2D eigenvalue weighted by molar-refractivity contribution is 7.99. The number of hydrogen-bond acceptors (Lipinski definition) is 2. The Morgan fingerprint density at radius 2 is 1.86 bits per heavy atom. The fraction of sp³-hybridized carbons (Fsp3) is 0.455. The molecular formula is C11H18NPS. The zero-order valence-corrected chi connectivity index (χ0v) is 10.6. The van der Waals surface area contributed by atoms with Crippen molar-refractivity contribution in [3.8, 4) is 0 Å². The minimum atomic E-state index is -0.773. The van der Waals surface area contributed by atoms with Gasteiger partial charge >= 0.3 is 0 Å². The molecule has 1 N–H and O–H groups in total. The van der Waals surface area contributed by atoms with Crippen LogP contribution in [-0.4, -0.2) is 6.16 Å². The fourth-order valence-corrected chi connectivity index (χ4v) is 1.83. The quantitative estimate of drug-likeness (QED) is 0.756. The van der Waals surface area contributed by atoms with E-state index in [1.807, 2.05) is 18.2 Å². The Hall–Kier alpha value is -0.460. The molecule has 1 rings (SSSR count). The first-order chi connectivity index (χ1) is 6.66. The van der Waals surface area contributed by atoms with Crippen molar-refractivity contribution < 1.29 is 0 Å².